The van der Waals surface area contributed by atoms with Crippen LogP contribution in [0.15, 0.2) is 41.3 Å². The molecule has 1 fully saturated rings. The number of halogens is 1. The second kappa shape index (κ2) is 9.25. The van der Waals surface area contributed by atoms with Crippen molar-refractivity contribution in [3.63, 3.8) is 0 Å². The van der Waals surface area contributed by atoms with E-state index in [0.29, 0.717) is 24.2 Å². The fraction of sp³-hybridized carbons (Fsp3) is 0.455. The van der Waals surface area contributed by atoms with E-state index in [-0.39, 0.29) is 22.3 Å². The third-order valence-electron chi connectivity index (χ3n) is 5.03. The average molecular weight is 482 g/mol. The van der Waals surface area contributed by atoms with Crippen LogP contribution in [0.1, 0.15) is 44.4 Å². The first-order valence-electron chi connectivity index (χ1n) is 10.3. The Balaban J connectivity index is 1.80. The van der Waals surface area contributed by atoms with E-state index in [1.807, 2.05) is 0 Å². The first-order valence-corrected chi connectivity index (χ1v) is 12.1. The molecular formula is C22H28ClN3O5S. The quantitative estimate of drug-likeness (QED) is 0.684. The number of pyridine rings is 1. The molecule has 1 amide bonds. The number of carbonyl (C=O) groups excluding carboxylic acids is 1. The highest BCUT2D eigenvalue weighted by molar-refractivity contribution is 7.92. The number of benzene rings is 1. The molecular weight excluding hydrogens is 454 g/mol. The Kier molecular flexibility index (Phi) is 7.02. The second-order valence-electron chi connectivity index (χ2n) is 8.85. The van der Waals surface area contributed by atoms with Gasteiger partial charge in [-0.2, -0.15) is 0 Å². The number of carbonyl (C=O) groups is 1. The Hall–Kier alpha value is -2.36. The molecule has 8 nitrogen and oxygen atoms in total. The van der Waals surface area contributed by atoms with Gasteiger partial charge in [-0.15, -0.1) is 0 Å². The molecule has 1 aliphatic rings. The number of anilines is 1. The summed E-state index contributed by atoms with van der Waals surface area (Å²) in [5.74, 6) is -0.224. The lowest BCUT2D eigenvalue weighted by Crippen LogP contribution is -2.46. The van der Waals surface area contributed by atoms with Gasteiger partial charge in [-0.3, -0.25) is 4.72 Å². The van der Waals surface area contributed by atoms with Crippen molar-refractivity contribution in [3.05, 3.63) is 52.7 Å². The van der Waals surface area contributed by atoms with Gasteiger partial charge in [0.25, 0.3) is 10.0 Å². The van der Waals surface area contributed by atoms with Gasteiger partial charge in [0.1, 0.15) is 16.3 Å². The number of likely N-dealkylation sites (tertiary alicyclic amines) is 1. The number of aliphatic hydroxyl groups excluding tert-OH is 1. The lowest BCUT2D eigenvalue weighted by molar-refractivity contribution is 0.00407. The summed E-state index contributed by atoms with van der Waals surface area (Å²) in [6.07, 6.45) is -0.765. The number of nitrogens with zero attached hydrogens (tertiary/aromatic N) is 2. The molecule has 1 aliphatic heterocycles. The zero-order chi connectivity index (χ0) is 23.7. The molecule has 2 unspecified atom stereocenters. The molecule has 174 valence electrons. The first-order chi connectivity index (χ1) is 14.9. The Morgan fingerprint density at radius 2 is 2.00 bits per heavy atom. The molecule has 3 rings (SSSR count). The number of rotatable bonds is 4. The van der Waals surface area contributed by atoms with Crippen molar-refractivity contribution in [2.45, 2.75) is 56.6 Å². The summed E-state index contributed by atoms with van der Waals surface area (Å²) in [5, 5.41) is 10.6. The fourth-order valence-electron chi connectivity index (χ4n) is 3.52. The van der Waals surface area contributed by atoms with Crippen molar-refractivity contribution in [1.29, 1.82) is 0 Å². The van der Waals surface area contributed by atoms with Crippen LogP contribution >= 0.6 is 11.6 Å². The Bertz CT molecular complexity index is 1100. The predicted molar refractivity (Wildman–Crippen MR) is 122 cm³/mol. The van der Waals surface area contributed by atoms with Gasteiger partial charge < -0.3 is 14.7 Å². The third kappa shape index (κ3) is 5.90. The molecule has 2 aromatic rings. The standard InChI is InChI=1S/C22H28ClN3O5S/c1-14-6-5-7-20(24-14)25-32(29,30)19-9-8-15(12-17(19)23)16-13-26(11-10-18(16)27)21(28)31-22(2,3)4/h5-9,12,16,18,27H,10-11,13H2,1-4H3,(H,24,25). The molecule has 0 saturated carbocycles. The summed E-state index contributed by atoms with van der Waals surface area (Å²) in [4.78, 5) is 18.0. The lowest BCUT2D eigenvalue weighted by Gasteiger charge is -2.37. The van der Waals surface area contributed by atoms with Crippen LogP contribution in [-0.4, -0.2) is 54.3 Å². The predicted octanol–water partition coefficient (Wildman–Crippen LogP) is 3.93. The molecule has 0 bridgehead atoms. The Morgan fingerprint density at radius 1 is 1.28 bits per heavy atom. The van der Waals surface area contributed by atoms with E-state index in [9.17, 15) is 18.3 Å². The van der Waals surface area contributed by atoms with Crippen LogP contribution in [0.25, 0.3) is 0 Å². The summed E-state index contributed by atoms with van der Waals surface area (Å²) >= 11 is 6.34. The number of nitrogens with one attached hydrogen (secondary N) is 1. The number of hydrogen-bond acceptors (Lipinski definition) is 6. The minimum Gasteiger partial charge on any atom is -0.444 e. The molecule has 2 heterocycles. The number of aromatic nitrogens is 1. The molecule has 10 heteroatoms. The second-order valence-corrected chi connectivity index (χ2v) is 10.9. The number of aliphatic hydroxyl groups is 1. The van der Waals surface area contributed by atoms with Gasteiger partial charge in [0, 0.05) is 24.7 Å². The molecule has 32 heavy (non-hydrogen) atoms. The van der Waals surface area contributed by atoms with E-state index in [4.69, 9.17) is 16.3 Å². The monoisotopic (exact) mass is 481 g/mol. The zero-order valence-corrected chi connectivity index (χ0v) is 20.1. The minimum atomic E-state index is -3.96. The number of amides is 1. The normalized spacial score (nSPS) is 19.5. The minimum absolute atomic E-state index is 0.0178. The topological polar surface area (TPSA) is 109 Å². The zero-order valence-electron chi connectivity index (χ0n) is 18.5. The van der Waals surface area contributed by atoms with Gasteiger partial charge in [0.05, 0.1) is 11.1 Å². The highest BCUT2D eigenvalue weighted by Gasteiger charge is 2.34. The number of piperidine rings is 1. The Labute approximate surface area is 193 Å². The van der Waals surface area contributed by atoms with Crippen molar-refractivity contribution in [2.75, 3.05) is 17.8 Å². The number of ether oxygens (including phenoxy) is 1. The van der Waals surface area contributed by atoms with Crippen LogP contribution < -0.4 is 4.72 Å². The average Bonchev–Trinajstić information content (AvgIpc) is 2.66. The van der Waals surface area contributed by atoms with Crippen molar-refractivity contribution in [2.24, 2.45) is 0 Å². The van der Waals surface area contributed by atoms with Crippen molar-refractivity contribution >= 4 is 33.5 Å². The molecule has 2 N–H and O–H groups in total. The van der Waals surface area contributed by atoms with Crippen molar-refractivity contribution in [3.8, 4) is 0 Å². The highest BCUT2D eigenvalue weighted by Crippen LogP contribution is 2.33. The van der Waals surface area contributed by atoms with Crippen molar-refractivity contribution < 1.29 is 23.1 Å². The highest BCUT2D eigenvalue weighted by atomic mass is 35.5. The Morgan fingerprint density at radius 3 is 2.62 bits per heavy atom. The number of hydrogen-bond donors (Lipinski definition) is 2. The lowest BCUT2D eigenvalue weighted by atomic mass is 9.88. The molecule has 1 aromatic carbocycles. The van der Waals surface area contributed by atoms with E-state index < -0.39 is 33.7 Å². The summed E-state index contributed by atoms with van der Waals surface area (Å²) in [7, 11) is -3.96. The molecule has 1 saturated heterocycles. The fourth-order valence-corrected chi connectivity index (χ4v) is 5.07. The third-order valence-corrected chi connectivity index (χ3v) is 6.87. The molecule has 2 atom stereocenters. The molecule has 0 aliphatic carbocycles. The smallest absolute Gasteiger partial charge is 0.410 e. The maximum atomic E-state index is 12.8. The van der Waals surface area contributed by atoms with E-state index >= 15 is 0 Å². The van der Waals surface area contributed by atoms with Gasteiger partial charge in [0.2, 0.25) is 0 Å². The molecule has 1 aromatic heterocycles. The summed E-state index contributed by atoms with van der Waals surface area (Å²) in [6, 6.07) is 9.54. The van der Waals surface area contributed by atoms with Crippen LogP contribution in [0.4, 0.5) is 10.6 Å². The SMILES string of the molecule is Cc1cccc(NS(=O)(=O)c2ccc(C3CN(C(=O)OC(C)(C)C)CCC3O)cc2Cl)n1. The van der Waals surface area contributed by atoms with Crippen LogP contribution in [0, 0.1) is 6.92 Å². The van der Waals surface area contributed by atoms with Crippen LogP contribution in [0.5, 0.6) is 0 Å². The van der Waals surface area contributed by atoms with Crippen LogP contribution in [-0.2, 0) is 14.8 Å². The van der Waals surface area contributed by atoms with Crippen LogP contribution in [0.2, 0.25) is 5.02 Å². The van der Waals surface area contributed by atoms with Gasteiger partial charge in [-0.05, 0) is 63.9 Å². The van der Waals surface area contributed by atoms with E-state index in [0.717, 1.165) is 0 Å². The van der Waals surface area contributed by atoms with Crippen LogP contribution in [0.3, 0.4) is 0 Å². The van der Waals surface area contributed by atoms with Gasteiger partial charge >= 0.3 is 6.09 Å². The van der Waals surface area contributed by atoms with E-state index in [2.05, 4.69) is 9.71 Å². The van der Waals surface area contributed by atoms with E-state index in [1.54, 1.807) is 56.9 Å². The van der Waals surface area contributed by atoms with Gasteiger partial charge in [-0.25, -0.2) is 18.2 Å². The first kappa shape index (κ1) is 24.3. The summed E-state index contributed by atoms with van der Waals surface area (Å²) < 4.78 is 33.5. The summed E-state index contributed by atoms with van der Waals surface area (Å²) in [6.45, 7) is 7.75. The molecule has 0 spiro atoms. The maximum Gasteiger partial charge on any atom is 0.410 e. The summed E-state index contributed by atoms with van der Waals surface area (Å²) in [5.41, 5.74) is 0.692. The molecule has 0 radical (unpaired) electrons. The van der Waals surface area contributed by atoms with Crippen molar-refractivity contribution in [1.82, 2.24) is 9.88 Å². The maximum absolute atomic E-state index is 12.8. The van der Waals surface area contributed by atoms with E-state index in [1.165, 1.54) is 12.1 Å². The number of sulfonamides is 1. The number of aryl methyl sites for hydroxylation is 1. The van der Waals surface area contributed by atoms with Gasteiger partial charge in [0.15, 0.2) is 0 Å². The largest absolute Gasteiger partial charge is 0.444 e. The van der Waals surface area contributed by atoms with Gasteiger partial charge in [-0.1, -0.05) is 23.7 Å².